The Kier molecular flexibility index (Phi) is 4.33. The summed E-state index contributed by atoms with van der Waals surface area (Å²) in [7, 11) is 0. The quantitative estimate of drug-likeness (QED) is 0.931. The first-order valence-electron chi connectivity index (χ1n) is 7.29. The molecule has 0 aliphatic heterocycles. The summed E-state index contributed by atoms with van der Waals surface area (Å²) in [6.07, 6.45) is 3.66. The van der Waals surface area contributed by atoms with E-state index in [1.807, 2.05) is 33.0 Å². The third-order valence-electron chi connectivity index (χ3n) is 3.64. The molecule has 1 heterocycles. The second-order valence-corrected chi connectivity index (χ2v) is 6.10. The van der Waals surface area contributed by atoms with E-state index in [4.69, 9.17) is 10.5 Å². The van der Waals surface area contributed by atoms with Crippen molar-refractivity contribution in [3.8, 4) is 5.75 Å². The molecule has 0 saturated carbocycles. The van der Waals surface area contributed by atoms with Gasteiger partial charge in [-0.2, -0.15) is 0 Å². The minimum Gasteiger partial charge on any atom is -0.489 e. The van der Waals surface area contributed by atoms with Crippen molar-refractivity contribution in [2.45, 2.75) is 46.3 Å². The maximum Gasteiger partial charge on any atom is 0.138 e. The fraction of sp³-hybridized carbons (Fsp3) is 0.389. The van der Waals surface area contributed by atoms with Gasteiger partial charge in [-0.3, -0.25) is 4.98 Å². The molecule has 3 nitrogen and oxygen atoms in total. The Bertz CT molecular complexity index is 633. The molecule has 0 aliphatic carbocycles. The summed E-state index contributed by atoms with van der Waals surface area (Å²) in [5.74, 6) is 0.754. The molecule has 1 atom stereocenters. The summed E-state index contributed by atoms with van der Waals surface area (Å²) in [5, 5.41) is 0. The molecular formula is C18H24N2O. The molecule has 3 heteroatoms. The predicted octanol–water partition coefficient (Wildman–Crippen LogP) is 3.71. The van der Waals surface area contributed by atoms with Crippen LogP contribution in [0.4, 0.5) is 0 Å². The first kappa shape index (κ1) is 15.5. The van der Waals surface area contributed by atoms with E-state index in [-0.39, 0.29) is 6.10 Å². The molecule has 0 spiro atoms. The van der Waals surface area contributed by atoms with Crippen LogP contribution >= 0.6 is 0 Å². The highest BCUT2D eigenvalue weighted by atomic mass is 16.5. The maximum absolute atomic E-state index is 6.63. The number of aromatic nitrogens is 1. The monoisotopic (exact) mass is 284 g/mol. The number of ether oxygens (including phenoxy) is 1. The summed E-state index contributed by atoms with van der Waals surface area (Å²) >= 11 is 0. The van der Waals surface area contributed by atoms with E-state index >= 15 is 0 Å². The van der Waals surface area contributed by atoms with Crippen molar-refractivity contribution >= 4 is 0 Å². The third kappa shape index (κ3) is 3.42. The van der Waals surface area contributed by atoms with Gasteiger partial charge in [-0.25, -0.2) is 0 Å². The van der Waals surface area contributed by atoms with Gasteiger partial charge in [0.25, 0.3) is 0 Å². The second-order valence-electron chi connectivity index (χ2n) is 6.10. The van der Waals surface area contributed by atoms with E-state index < -0.39 is 5.54 Å². The molecule has 0 saturated heterocycles. The number of nitrogens with zero attached hydrogens (tertiary/aromatic N) is 1. The molecule has 2 N–H and O–H groups in total. The number of nitrogens with two attached hydrogens (primary N) is 1. The summed E-state index contributed by atoms with van der Waals surface area (Å²) in [5.41, 5.74) is 10.5. The Hall–Kier alpha value is -1.87. The van der Waals surface area contributed by atoms with Gasteiger partial charge < -0.3 is 10.5 Å². The summed E-state index contributed by atoms with van der Waals surface area (Å²) < 4.78 is 5.72. The molecule has 0 bridgehead atoms. The summed E-state index contributed by atoms with van der Waals surface area (Å²) in [6, 6.07) is 8.34. The van der Waals surface area contributed by atoms with Crippen molar-refractivity contribution in [2.75, 3.05) is 0 Å². The van der Waals surface area contributed by atoms with Crippen molar-refractivity contribution in [2.24, 2.45) is 5.73 Å². The third-order valence-corrected chi connectivity index (χ3v) is 3.64. The fourth-order valence-corrected chi connectivity index (χ4v) is 2.49. The van der Waals surface area contributed by atoms with Gasteiger partial charge in [0.05, 0.1) is 17.8 Å². The molecule has 1 aromatic heterocycles. The molecule has 0 aliphatic rings. The van der Waals surface area contributed by atoms with E-state index in [2.05, 4.69) is 37.0 Å². The summed E-state index contributed by atoms with van der Waals surface area (Å²) in [4.78, 5) is 4.28. The lowest BCUT2D eigenvalue weighted by atomic mass is 9.83. The number of hydrogen-bond donors (Lipinski definition) is 1. The number of rotatable bonds is 4. The molecule has 0 amide bonds. The van der Waals surface area contributed by atoms with Crippen molar-refractivity contribution in [1.82, 2.24) is 4.98 Å². The van der Waals surface area contributed by atoms with Crippen LogP contribution < -0.4 is 10.5 Å². The zero-order chi connectivity index (χ0) is 15.6. The van der Waals surface area contributed by atoms with E-state index in [0.29, 0.717) is 0 Å². The fourth-order valence-electron chi connectivity index (χ4n) is 2.49. The Morgan fingerprint density at radius 1 is 1.14 bits per heavy atom. The zero-order valence-corrected chi connectivity index (χ0v) is 13.5. The van der Waals surface area contributed by atoms with Crippen molar-refractivity contribution in [3.05, 3.63) is 58.9 Å². The van der Waals surface area contributed by atoms with Gasteiger partial charge in [0, 0.05) is 6.20 Å². The Balaban J connectivity index is 2.45. The number of aryl methyl sites for hydroxylation is 2. The van der Waals surface area contributed by atoms with Crippen molar-refractivity contribution in [1.29, 1.82) is 0 Å². The molecule has 112 valence electrons. The predicted molar refractivity (Wildman–Crippen MR) is 86.6 cm³/mol. The van der Waals surface area contributed by atoms with E-state index in [1.165, 1.54) is 11.1 Å². The lowest BCUT2D eigenvalue weighted by Crippen LogP contribution is -2.35. The average molecular weight is 284 g/mol. The van der Waals surface area contributed by atoms with Gasteiger partial charge in [0.2, 0.25) is 0 Å². The molecule has 0 radical (unpaired) electrons. The highest BCUT2D eigenvalue weighted by molar-refractivity contribution is 5.43. The van der Waals surface area contributed by atoms with Gasteiger partial charge in [-0.1, -0.05) is 23.8 Å². The SMILES string of the molecule is Cc1ccc(C)c(C(C)(N)c2cncc(OC(C)C)c2)c1. The zero-order valence-electron chi connectivity index (χ0n) is 13.5. The Labute approximate surface area is 127 Å². The molecule has 0 fully saturated rings. The van der Waals surface area contributed by atoms with Gasteiger partial charge >= 0.3 is 0 Å². The van der Waals surface area contributed by atoms with E-state index in [1.54, 1.807) is 6.20 Å². The molecule has 1 unspecified atom stereocenters. The first-order chi connectivity index (χ1) is 9.80. The highest BCUT2D eigenvalue weighted by Crippen LogP contribution is 2.31. The minimum absolute atomic E-state index is 0.117. The normalized spacial score (nSPS) is 14.0. The summed E-state index contributed by atoms with van der Waals surface area (Å²) in [6.45, 7) is 10.2. The topological polar surface area (TPSA) is 48.1 Å². The molecular weight excluding hydrogens is 260 g/mol. The molecule has 21 heavy (non-hydrogen) atoms. The molecule has 1 aromatic carbocycles. The van der Waals surface area contributed by atoms with Crippen LogP contribution in [0.15, 0.2) is 36.7 Å². The van der Waals surface area contributed by atoms with Gasteiger partial charge in [0.1, 0.15) is 5.75 Å². The Morgan fingerprint density at radius 3 is 2.52 bits per heavy atom. The van der Waals surface area contributed by atoms with Gasteiger partial charge in [-0.05, 0) is 57.4 Å². The van der Waals surface area contributed by atoms with Crippen LogP contribution in [0.3, 0.4) is 0 Å². The van der Waals surface area contributed by atoms with Crippen LogP contribution in [0.1, 0.15) is 43.0 Å². The Morgan fingerprint density at radius 2 is 1.86 bits per heavy atom. The van der Waals surface area contributed by atoms with Crippen LogP contribution in [-0.2, 0) is 5.54 Å². The van der Waals surface area contributed by atoms with Crippen molar-refractivity contribution < 1.29 is 4.74 Å². The second kappa shape index (κ2) is 5.86. The van der Waals surface area contributed by atoms with E-state index in [9.17, 15) is 0 Å². The van der Waals surface area contributed by atoms with E-state index in [0.717, 1.165) is 16.9 Å². The largest absolute Gasteiger partial charge is 0.489 e. The van der Waals surface area contributed by atoms with Gasteiger partial charge in [-0.15, -0.1) is 0 Å². The van der Waals surface area contributed by atoms with Crippen LogP contribution in [0.25, 0.3) is 0 Å². The van der Waals surface area contributed by atoms with Crippen LogP contribution in [0, 0.1) is 13.8 Å². The lowest BCUT2D eigenvalue weighted by molar-refractivity contribution is 0.241. The first-order valence-corrected chi connectivity index (χ1v) is 7.29. The average Bonchev–Trinajstić information content (AvgIpc) is 2.41. The van der Waals surface area contributed by atoms with Crippen molar-refractivity contribution in [3.63, 3.8) is 0 Å². The number of benzene rings is 1. The number of hydrogen-bond acceptors (Lipinski definition) is 3. The number of pyridine rings is 1. The van der Waals surface area contributed by atoms with Crippen LogP contribution in [0.2, 0.25) is 0 Å². The van der Waals surface area contributed by atoms with Gasteiger partial charge in [0.15, 0.2) is 0 Å². The maximum atomic E-state index is 6.63. The standard InChI is InChI=1S/C18H24N2O/c1-12(2)21-16-9-15(10-20-11-16)18(5,19)17-8-13(3)6-7-14(17)4/h6-12H,19H2,1-5H3. The highest BCUT2D eigenvalue weighted by Gasteiger charge is 2.26. The smallest absolute Gasteiger partial charge is 0.138 e. The molecule has 2 aromatic rings. The minimum atomic E-state index is -0.598. The van der Waals surface area contributed by atoms with Crippen LogP contribution in [0.5, 0.6) is 5.75 Å². The lowest BCUT2D eigenvalue weighted by Gasteiger charge is -2.28. The van der Waals surface area contributed by atoms with Crippen LogP contribution in [-0.4, -0.2) is 11.1 Å². The molecule has 2 rings (SSSR count).